The van der Waals surface area contributed by atoms with Gasteiger partial charge in [0.2, 0.25) is 0 Å². The molecular weight excluding hydrogens is 455 g/mol. The molecule has 11 heteroatoms. The van der Waals surface area contributed by atoms with Crippen LogP contribution in [0.3, 0.4) is 0 Å². The second kappa shape index (κ2) is 9.96. The molecule has 1 aliphatic heterocycles. The van der Waals surface area contributed by atoms with Crippen molar-refractivity contribution in [2.75, 3.05) is 38.1 Å². The number of benzene rings is 1. The largest absolute Gasteiger partial charge is 0.392 e. The lowest BCUT2D eigenvalue weighted by atomic mass is 10.0. The number of hydrogen-bond acceptors (Lipinski definition) is 7. The number of amides is 1. The number of hydrogen-bond donors (Lipinski definition) is 3. The van der Waals surface area contributed by atoms with Crippen LogP contribution in [-0.4, -0.2) is 63.7 Å². The summed E-state index contributed by atoms with van der Waals surface area (Å²) in [5.41, 5.74) is 0.966. The summed E-state index contributed by atoms with van der Waals surface area (Å²) < 4.78 is 16.4. The maximum absolute atomic E-state index is 15.4. The number of H-pyrrole nitrogens is 1. The Morgan fingerprint density at radius 2 is 1.91 bits per heavy atom. The first-order valence-corrected chi connectivity index (χ1v) is 11.5. The Balaban J connectivity index is 1.58. The molecule has 2 aromatic heterocycles. The van der Waals surface area contributed by atoms with Gasteiger partial charge in [0.25, 0.3) is 11.5 Å². The number of nitrogens with one attached hydrogen (secondary N) is 2. The summed E-state index contributed by atoms with van der Waals surface area (Å²) in [6, 6.07) is 5.25. The molecule has 0 saturated carbocycles. The van der Waals surface area contributed by atoms with Crippen molar-refractivity contribution in [2.24, 2.45) is 0 Å². The highest BCUT2D eigenvalue weighted by atomic mass is 19.1. The molecule has 1 amide bonds. The molecule has 35 heavy (non-hydrogen) atoms. The van der Waals surface area contributed by atoms with Crippen LogP contribution >= 0.6 is 0 Å². The molecule has 0 bridgehead atoms. The van der Waals surface area contributed by atoms with Crippen LogP contribution in [0.4, 0.5) is 10.1 Å². The number of rotatable bonds is 6. The molecule has 186 valence electrons. The van der Waals surface area contributed by atoms with E-state index in [4.69, 9.17) is 0 Å². The summed E-state index contributed by atoms with van der Waals surface area (Å²) in [5.74, 6) is -0.918. The van der Waals surface area contributed by atoms with Crippen molar-refractivity contribution in [3.63, 3.8) is 0 Å². The molecule has 4 rings (SSSR count). The molecule has 0 spiro atoms. The quantitative estimate of drug-likeness (QED) is 0.471. The van der Waals surface area contributed by atoms with Crippen LogP contribution in [0.5, 0.6) is 0 Å². The molecule has 3 heterocycles. The smallest absolute Gasteiger partial charge is 0.328 e. The molecule has 3 N–H and O–H groups in total. The van der Waals surface area contributed by atoms with E-state index in [-0.39, 0.29) is 35.5 Å². The maximum atomic E-state index is 15.4. The third-order valence-corrected chi connectivity index (χ3v) is 6.41. The van der Waals surface area contributed by atoms with E-state index < -0.39 is 23.7 Å². The fourth-order valence-corrected chi connectivity index (χ4v) is 4.54. The lowest BCUT2D eigenvalue weighted by Gasteiger charge is -2.36. The molecular formula is C24H29FN6O4. The first-order chi connectivity index (χ1) is 16.8. The Labute approximate surface area is 201 Å². The number of carbonyl (C=O) groups excluding carboxylic acids is 1. The van der Waals surface area contributed by atoms with Crippen molar-refractivity contribution in [2.45, 2.75) is 33.5 Å². The average Bonchev–Trinajstić information content (AvgIpc) is 2.86. The molecule has 0 atom stereocenters. The van der Waals surface area contributed by atoms with E-state index in [0.29, 0.717) is 37.4 Å². The minimum atomic E-state index is -0.683. The summed E-state index contributed by atoms with van der Waals surface area (Å²) in [6.07, 6.45) is 0. The molecule has 1 saturated heterocycles. The van der Waals surface area contributed by atoms with E-state index in [9.17, 15) is 19.5 Å². The van der Waals surface area contributed by atoms with Crippen LogP contribution in [-0.2, 0) is 19.7 Å². The summed E-state index contributed by atoms with van der Waals surface area (Å²) in [4.78, 5) is 48.3. The first-order valence-electron chi connectivity index (χ1n) is 11.5. The van der Waals surface area contributed by atoms with Gasteiger partial charge in [0.05, 0.1) is 23.2 Å². The number of pyridine rings is 1. The van der Waals surface area contributed by atoms with Crippen LogP contribution in [0.1, 0.15) is 34.2 Å². The fourth-order valence-electron chi connectivity index (χ4n) is 4.54. The number of carbonyl (C=O) groups is 1. The number of halogens is 1. The van der Waals surface area contributed by atoms with Gasteiger partial charge in [-0.1, -0.05) is 0 Å². The number of piperazine rings is 1. The number of aryl methyl sites for hydroxylation is 1. The van der Waals surface area contributed by atoms with Crippen molar-refractivity contribution in [3.8, 4) is 0 Å². The third-order valence-electron chi connectivity index (χ3n) is 6.41. The van der Waals surface area contributed by atoms with Crippen LogP contribution in [0.25, 0.3) is 10.9 Å². The van der Waals surface area contributed by atoms with Crippen molar-refractivity contribution in [3.05, 3.63) is 67.4 Å². The Morgan fingerprint density at radius 3 is 2.54 bits per heavy atom. The standard InChI is InChI=1S/C24H29FN6O4/c1-4-31-23(34)18-16(13-32)11-15(19(25)21(18)28-24(31)35)12-29-7-9-30(10-8-29)17-6-5-14(2)27-20(17)22(33)26-3/h5-6,11,32H,4,7-10,12-13H2,1-3H3,(H,26,33)(H,28,35). The Kier molecular flexibility index (Phi) is 6.99. The van der Waals surface area contributed by atoms with Crippen LogP contribution in [0.15, 0.2) is 27.8 Å². The number of aliphatic hydroxyl groups is 1. The zero-order valence-electron chi connectivity index (χ0n) is 20.0. The summed E-state index contributed by atoms with van der Waals surface area (Å²) in [7, 11) is 1.57. The van der Waals surface area contributed by atoms with E-state index >= 15 is 4.39 Å². The molecule has 1 fully saturated rings. The highest BCUT2D eigenvalue weighted by molar-refractivity contribution is 5.97. The van der Waals surface area contributed by atoms with Gasteiger partial charge in [0.15, 0.2) is 11.5 Å². The monoisotopic (exact) mass is 484 g/mol. The van der Waals surface area contributed by atoms with E-state index in [2.05, 4.69) is 25.1 Å². The zero-order valence-corrected chi connectivity index (χ0v) is 20.0. The van der Waals surface area contributed by atoms with Gasteiger partial charge in [-0.3, -0.25) is 19.1 Å². The number of nitrogens with zero attached hydrogens (tertiary/aromatic N) is 4. The maximum Gasteiger partial charge on any atom is 0.328 e. The SMILES string of the molecule is CCn1c(=O)[nH]c2c(F)c(CN3CCN(c4ccc(C)nc4C(=O)NC)CC3)cc(CO)c2c1=O. The van der Waals surface area contributed by atoms with Crippen LogP contribution < -0.4 is 21.5 Å². The first kappa shape index (κ1) is 24.6. The van der Waals surface area contributed by atoms with Gasteiger partial charge in [-0.25, -0.2) is 14.2 Å². The van der Waals surface area contributed by atoms with E-state index in [1.807, 2.05) is 19.1 Å². The van der Waals surface area contributed by atoms with Gasteiger partial charge in [0.1, 0.15) is 0 Å². The lowest BCUT2D eigenvalue weighted by Crippen LogP contribution is -2.46. The Hall–Kier alpha value is -3.57. The third kappa shape index (κ3) is 4.56. The van der Waals surface area contributed by atoms with Gasteiger partial charge in [-0.05, 0) is 37.6 Å². The number of aliphatic hydroxyl groups excluding tert-OH is 1. The Bertz CT molecular complexity index is 1390. The van der Waals surface area contributed by atoms with E-state index in [1.165, 1.54) is 6.07 Å². The van der Waals surface area contributed by atoms with Crippen molar-refractivity contribution >= 4 is 22.5 Å². The van der Waals surface area contributed by atoms with Gasteiger partial charge in [0, 0.05) is 57.6 Å². The fraction of sp³-hybridized carbons (Fsp3) is 0.417. The predicted molar refractivity (Wildman–Crippen MR) is 130 cm³/mol. The van der Waals surface area contributed by atoms with Gasteiger partial charge < -0.3 is 20.3 Å². The number of aromatic amines is 1. The van der Waals surface area contributed by atoms with Gasteiger partial charge in [-0.15, -0.1) is 0 Å². The van der Waals surface area contributed by atoms with Crippen molar-refractivity contribution in [1.82, 2.24) is 24.8 Å². The number of fused-ring (bicyclic) bond motifs is 1. The molecule has 10 nitrogen and oxygen atoms in total. The number of anilines is 1. The molecule has 1 aromatic carbocycles. The second-order valence-corrected chi connectivity index (χ2v) is 8.56. The highest BCUT2D eigenvalue weighted by Crippen LogP contribution is 2.25. The Morgan fingerprint density at radius 1 is 1.20 bits per heavy atom. The topological polar surface area (TPSA) is 124 Å². The molecule has 1 aliphatic rings. The van der Waals surface area contributed by atoms with Gasteiger partial charge >= 0.3 is 5.69 Å². The normalized spacial score (nSPS) is 14.5. The van der Waals surface area contributed by atoms with Crippen molar-refractivity contribution < 1.29 is 14.3 Å². The predicted octanol–water partition coefficient (Wildman–Crippen LogP) is 0.726. The van der Waals surface area contributed by atoms with Crippen LogP contribution in [0.2, 0.25) is 0 Å². The van der Waals surface area contributed by atoms with Crippen LogP contribution in [0, 0.1) is 12.7 Å². The lowest BCUT2D eigenvalue weighted by molar-refractivity contribution is 0.0958. The molecule has 0 aliphatic carbocycles. The molecule has 0 radical (unpaired) electrons. The highest BCUT2D eigenvalue weighted by Gasteiger charge is 2.24. The summed E-state index contributed by atoms with van der Waals surface area (Å²) >= 11 is 0. The van der Waals surface area contributed by atoms with Crippen molar-refractivity contribution in [1.29, 1.82) is 0 Å². The molecule has 0 unspecified atom stereocenters. The second-order valence-electron chi connectivity index (χ2n) is 8.56. The zero-order chi connectivity index (χ0) is 25.3. The van der Waals surface area contributed by atoms with E-state index in [0.717, 1.165) is 15.9 Å². The average molecular weight is 485 g/mol. The molecule has 3 aromatic rings. The summed E-state index contributed by atoms with van der Waals surface area (Å²) in [6.45, 7) is 5.82. The minimum absolute atomic E-state index is 0.00591. The van der Waals surface area contributed by atoms with E-state index in [1.54, 1.807) is 14.0 Å². The minimum Gasteiger partial charge on any atom is -0.392 e. The van der Waals surface area contributed by atoms with Gasteiger partial charge in [-0.2, -0.15) is 0 Å². The summed E-state index contributed by atoms with van der Waals surface area (Å²) in [5, 5.41) is 12.5. The number of aromatic nitrogens is 3.